The summed E-state index contributed by atoms with van der Waals surface area (Å²) in [6.45, 7) is 1.30. The number of hydrogen-bond donors (Lipinski definition) is 1. The van der Waals surface area contributed by atoms with Crippen molar-refractivity contribution in [2.24, 2.45) is 0 Å². The summed E-state index contributed by atoms with van der Waals surface area (Å²) >= 11 is 8.61. The predicted octanol–water partition coefficient (Wildman–Crippen LogP) is 5.18. The molecule has 2 nitrogen and oxygen atoms in total. The van der Waals surface area contributed by atoms with E-state index in [2.05, 4.69) is 15.9 Å². The molecule has 1 aromatic rings. The van der Waals surface area contributed by atoms with Gasteiger partial charge in [-0.1, -0.05) is 11.6 Å². The van der Waals surface area contributed by atoms with Crippen LogP contribution in [0.15, 0.2) is 16.6 Å². The average Bonchev–Trinajstić information content (AvgIpc) is 2.34. The molecule has 0 aliphatic carbocycles. The van der Waals surface area contributed by atoms with E-state index in [1.54, 1.807) is 0 Å². The summed E-state index contributed by atoms with van der Waals surface area (Å²) < 4.78 is 88.1. The van der Waals surface area contributed by atoms with Crippen molar-refractivity contribution in [3.63, 3.8) is 0 Å². The molecular weight excluding hydrogens is 410 g/mol. The molecule has 1 rings (SSSR count). The van der Waals surface area contributed by atoms with Crippen LogP contribution in [-0.2, 0) is 4.79 Å². The molecule has 22 heavy (non-hydrogen) atoms. The zero-order chi connectivity index (χ0) is 17.5. The van der Waals surface area contributed by atoms with Crippen LogP contribution in [0.4, 0.5) is 36.4 Å². The summed E-state index contributed by atoms with van der Waals surface area (Å²) in [5.41, 5.74) is -0.299. The molecule has 124 valence electrons. The average molecular weight is 417 g/mol. The number of halogens is 9. The van der Waals surface area contributed by atoms with Crippen molar-refractivity contribution in [3.8, 4) is 0 Å². The van der Waals surface area contributed by atoms with E-state index < -0.39 is 29.6 Å². The molecule has 0 fully saturated rings. The van der Waals surface area contributed by atoms with Crippen molar-refractivity contribution in [2.75, 3.05) is 5.32 Å². The normalized spacial score (nSPS) is 13.2. The van der Waals surface area contributed by atoms with Gasteiger partial charge in [0.05, 0.1) is 5.02 Å². The highest BCUT2D eigenvalue weighted by molar-refractivity contribution is 9.10. The second-order valence-corrected chi connectivity index (χ2v) is 5.44. The van der Waals surface area contributed by atoms with Crippen molar-refractivity contribution >= 4 is 39.1 Å². The van der Waals surface area contributed by atoms with Crippen LogP contribution in [0.2, 0.25) is 5.02 Å². The Bertz CT molecular complexity index is 603. The third-order valence-electron chi connectivity index (χ3n) is 2.55. The molecule has 1 aromatic carbocycles. The van der Waals surface area contributed by atoms with Gasteiger partial charge in [-0.3, -0.25) is 4.79 Å². The lowest BCUT2D eigenvalue weighted by atomic mass is 10.1. The van der Waals surface area contributed by atoms with Crippen LogP contribution in [-0.4, -0.2) is 23.9 Å². The van der Waals surface area contributed by atoms with Crippen molar-refractivity contribution in [1.82, 2.24) is 0 Å². The van der Waals surface area contributed by atoms with Crippen molar-refractivity contribution in [2.45, 2.75) is 24.9 Å². The van der Waals surface area contributed by atoms with Gasteiger partial charge < -0.3 is 5.32 Å². The first-order chi connectivity index (χ1) is 9.71. The Morgan fingerprint density at radius 1 is 1.14 bits per heavy atom. The number of anilines is 1. The molecule has 0 saturated heterocycles. The highest BCUT2D eigenvalue weighted by Gasteiger charge is 2.76. The zero-order valence-corrected chi connectivity index (χ0v) is 12.8. The van der Waals surface area contributed by atoms with E-state index in [-0.39, 0.29) is 10.6 Å². The van der Waals surface area contributed by atoms with Gasteiger partial charge in [-0.25, -0.2) is 0 Å². The number of amides is 1. The summed E-state index contributed by atoms with van der Waals surface area (Å²) in [6, 6.07) is 2.19. The Morgan fingerprint density at radius 2 is 1.64 bits per heavy atom. The van der Waals surface area contributed by atoms with Crippen LogP contribution >= 0.6 is 27.5 Å². The van der Waals surface area contributed by atoms with E-state index in [0.717, 1.165) is 6.07 Å². The molecule has 1 amide bonds. The van der Waals surface area contributed by atoms with Gasteiger partial charge in [0.25, 0.3) is 0 Å². The standard InChI is InChI=1S/C11H6BrClF7NO/c1-4-2-5(12)6(13)3-7(4)21-8(22)9(14,15)10(16,17)11(18,19)20/h2-3H,1H3,(H,21,22). The molecule has 0 spiro atoms. The van der Waals surface area contributed by atoms with E-state index in [0.29, 0.717) is 4.47 Å². The van der Waals surface area contributed by atoms with Crippen LogP contribution in [0.25, 0.3) is 0 Å². The maximum absolute atomic E-state index is 13.2. The Morgan fingerprint density at radius 3 is 2.09 bits per heavy atom. The fourth-order valence-corrected chi connectivity index (χ4v) is 1.92. The SMILES string of the molecule is Cc1cc(Br)c(Cl)cc1NC(=O)C(F)(F)C(F)(F)C(F)(F)F. The van der Waals surface area contributed by atoms with E-state index in [9.17, 15) is 35.5 Å². The summed E-state index contributed by atoms with van der Waals surface area (Å²) in [5.74, 6) is -15.3. The van der Waals surface area contributed by atoms with Gasteiger partial charge in [-0.05, 0) is 40.5 Å². The molecular formula is C11H6BrClF7NO. The van der Waals surface area contributed by atoms with Crippen molar-refractivity contribution < 1.29 is 35.5 Å². The fourth-order valence-electron chi connectivity index (χ4n) is 1.30. The van der Waals surface area contributed by atoms with E-state index >= 15 is 0 Å². The lowest BCUT2D eigenvalue weighted by Gasteiger charge is -2.27. The van der Waals surface area contributed by atoms with E-state index in [1.807, 2.05) is 0 Å². The Balaban J connectivity index is 3.15. The van der Waals surface area contributed by atoms with Crippen LogP contribution in [0, 0.1) is 6.92 Å². The molecule has 0 bridgehead atoms. The molecule has 0 heterocycles. The fraction of sp³-hybridized carbons (Fsp3) is 0.364. The molecule has 0 aromatic heterocycles. The number of aryl methyl sites for hydroxylation is 1. The van der Waals surface area contributed by atoms with Gasteiger partial charge in [-0.2, -0.15) is 30.7 Å². The molecule has 0 radical (unpaired) electrons. The molecule has 0 unspecified atom stereocenters. The summed E-state index contributed by atoms with van der Waals surface area (Å²) in [4.78, 5) is 11.2. The smallest absolute Gasteiger partial charge is 0.320 e. The van der Waals surface area contributed by atoms with Crippen LogP contribution < -0.4 is 5.32 Å². The maximum Gasteiger partial charge on any atom is 0.460 e. The Hall–Kier alpha value is -1.03. The quantitative estimate of drug-likeness (QED) is 0.676. The van der Waals surface area contributed by atoms with Crippen LogP contribution in [0.1, 0.15) is 5.56 Å². The number of carbonyl (C=O) groups is 1. The number of alkyl halides is 7. The van der Waals surface area contributed by atoms with Gasteiger partial charge in [0.15, 0.2) is 0 Å². The highest BCUT2D eigenvalue weighted by Crippen LogP contribution is 2.47. The number of hydrogen-bond acceptors (Lipinski definition) is 1. The van der Waals surface area contributed by atoms with Gasteiger partial charge in [0.2, 0.25) is 0 Å². The molecule has 11 heteroatoms. The number of rotatable bonds is 3. The van der Waals surface area contributed by atoms with Crippen molar-refractivity contribution in [1.29, 1.82) is 0 Å². The molecule has 0 atom stereocenters. The van der Waals surface area contributed by atoms with Gasteiger partial charge in [-0.15, -0.1) is 0 Å². The topological polar surface area (TPSA) is 29.1 Å². The maximum atomic E-state index is 13.2. The number of carbonyl (C=O) groups excluding carboxylic acids is 1. The predicted molar refractivity (Wildman–Crippen MR) is 68.5 cm³/mol. The lowest BCUT2D eigenvalue weighted by Crippen LogP contribution is -2.57. The molecule has 1 N–H and O–H groups in total. The third-order valence-corrected chi connectivity index (χ3v) is 3.75. The van der Waals surface area contributed by atoms with Gasteiger partial charge in [0.1, 0.15) is 0 Å². The monoisotopic (exact) mass is 415 g/mol. The Kier molecular flexibility index (Phi) is 5.08. The highest BCUT2D eigenvalue weighted by atomic mass is 79.9. The van der Waals surface area contributed by atoms with E-state index in [4.69, 9.17) is 11.6 Å². The van der Waals surface area contributed by atoms with Gasteiger partial charge >= 0.3 is 23.9 Å². The number of nitrogens with one attached hydrogen (secondary N) is 1. The first kappa shape index (κ1) is 19.0. The minimum atomic E-state index is -6.58. The Labute approximate surface area is 132 Å². The largest absolute Gasteiger partial charge is 0.460 e. The number of benzene rings is 1. The minimum absolute atomic E-state index is 0.0632. The second-order valence-electron chi connectivity index (χ2n) is 4.18. The summed E-state index contributed by atoms with van der Waals surface area (Å²) in [5, 5.41) is 1.26. The first-order valence-electron chi connectivity index (χ1n) is 5.31. The first-order valence-corrected chi connectivity index (χ1v) is 6.48. The molecule has 0 aliphatic heterocycles. The van der Waals surface area contributed by atoms with Crippen molar-refractivity contribution in [3.05, 3.63) is 27.2 Å². The summed E-state index contributed by atoms with van der Waals surface area (Å²) in [6.07, 6.45) is -6.58. The lowest BCUT2D eigenvalue weighted by molar-refractivity contribution is -0.343. The van der Waals surface area contributed by atoms with Crippen LogP contribution in [0.3, 0.4) is 0 Å². The van der Waals surface area contributed by atoms with Gasteiger partial charge in [0, 0.05) is 10.2 Å². The van der Waals surface area contributed by atoms with Crippen LogP contribution in [0.5, 0.6) is 0 Å². The second kappa shape index (κ2) is 5.88. The minimum Gasteiger partial charge on any atom is -0.320 e. The van der Waals surface area contributed by atoms with E-state index in [1.165, 1.54) is 18.3 Å². The summed E-state index contributed by atoms with van der Waals surface area (Å²) in [7, 11) is 0. The molecule has 0 saturated carbocycles. The zero-order valence-electron chi connectivity index (χ0n) is 10.5. The molecule has 0 aliphatic rings. The third kappa shape index (κ3) is 3.32.